The number of ketones is 1. The van der Waals surface area contributed by atoms with Crippen molar-refractivity contribution in [3.63, 3.8) is 0 Å². The first-order valence-corrected chi connectivity index (χ1v) is 5.12. The number of H-pyrrole nitrogens is 1. The van der Waals surface area contributed by atoms with E-state index in [1.54, 1.807) is 6.92 Å². The maximum absolute atomic E-state index is 11.5. The van der Waals surface area contributed by atoms with Crippen molar-refractivity contribution >= 4 is 5.78 Å². The zero-order valence-electron chi connectivity index (χ0n) is 9.69. The van der Waals surface area contributed by atoms with E-state index in [-0.39, 0.29) is 5.78 Å². The van der Waals surface area contributed by atoms with Gasteiger partial charge in [-0.05, 0) is 38.7 Å². The molecule has 78 valence electrons. The van der Waals surface area contributed by atoms with E-state index in [9.17, 15) is 4.79 Å². The molecule has 0 radical (unpaired) electrons. The fraction of sp³-hybridized carbons (Fsp3) is 0.583. The average Bonchev–Trinajstić information content (AvgIpc) is 2.25. The minimum atomic E-state index is 0.169. The van der Waals surface area contributed by atoms with Crippen LogP contribution in [0.15, 0.2) is 0 Å². The number of aromatic amines is 1. The Morgan fingerprint density at radius 2 is 1.86 bits per heavy atom. The molecule has 0 aliphatic rings. The number of carbonyl (C=O) groups excluding carboxylic acids is 1. The Morgan fingerprint density at radius 1 is 1.29 bits per heavy atom. The van der Waals surface area contributed by atoms with Crippen LogP contribution in [0.5, 0.6) is 0 Å². The number of aryl methyl sites for hydroxylation is 2. The third-order valence-corrected chi connectivity index (χ3v) is 2.47. The van der Waals surface area contributed by atoms with E-state index >= 15 is 0 Å². The van der Waals surface area contributed by atoms with Gasteiger partial charge >= 0.3 is 0 Å². The van der Waals surface area contributed by atoms with Crippen molar-refractivity contribution in [2.24, 2.45) is 5.92 Å². The lowest BCUT2D eigenvalue weighted by atomic mass is 9.97. The summed E-state index contributed by atoms with van der Waals surface area (Å²) in [5.74, 6) is 0.754. The highest BCUT2D eigenvalue weighted by Gasteiger charge is 2.16. The van der Waals surface area contributed by atoms with Crippen LogP contribution < -0.4 is 0 Å². The first-order valence-electron chi connectivity index (χ1n) is 5.12. The van der Waals surface area contributed by atoms with E-state index in [1.165, 1.54) is 5.56 Å². The third-order valence-electron chi connectivity index (χ3n) is 2.47. The summed E-state index contributed by atoms with van der Waals surface area (Å²) in [5.41, 5.74) is 4.24. The largest absolute Gasteiger partial charge is 0.362 e. The second-order valence-electron chi connectivity index (χ2n) is 4.38. The molecule has 1 aromatic rings. The van der Waals surface area contributed by atoms with E-state index < -0.39 is 0 Å². The first-order chi connectivity index (χ1) is 6.43. The van der Waals surface area contributed by atoms with Gasteiger partial charge in [-0.3, -0.25) is 4.79 Å². The zero-order valence-corrected chi connectivity index (χ0v) is 9.69. The van der Waals surface area contributed by atoms with Crippen molar-refractivity contribution in [3.8, 4) is 0 Å². The molecule has 0 aromatic carbocycles. The normalized spacial score (nSPS) is 11.0. The van der Waals surface area contributed by atoms with Gasteiger partial charge in [0, 0.05) is 17.0 Å². The molecule has 0 spiro atoms. The van der Waals surface area contributed by atoms with Crippen molar-refractivity contribution in [3.05, 3.63) is 22.5 Å². The molecule has 0 fully saturated rings. The van der Waals surface area contributed by atoms with Crippen LogP contribution >= 0.6 is 0 Å². The highest BCUT2D eigenvalue weighted by molar-refractivity contribution is 5.97. The highest BCUT2D eigenvalue weighted by atomic mass is 16.1. The Hall–Kier alpha value is -1.05. The SMILES string of the molecule is CC(=O)c1c(C)[nH]c(C)c1CC(C)C. The summed E-state index contributed by atoms with van der Waals surface area (Å²) >= 11 is 0. The fourth-order valence-electron chi connectivity index (χ4n) is 1.97. The third kappa shape index (κ3) is 2.06. The zero-order chi connectivity index (χ0) is 10.9. The van der Waals surface area contributed by atoms with Crippen molar-refractivity contribution in [2.45, 2.75) is 41.0 Å². The molecule has 2 heteroatoms. The summed E-state index contributed by atoms with van der Waals surface area (Å²) in [5, 5.41) is 0. The van der Waals surface area contributed by atoms with Crippen LogP contribution in [0, 0.1) is 19.8 Å². The molecule has 0 aliphatic carbocycles. The van der Waals surface area contributed by atoms with E-state index in [0.29, 0.717) is 5.92 Å². The summed E-state index contributed by atoms with van der Waals surface area (Å²) in [6, 6.07) is 0. The van der Waals surface area contributed by atoms with Crippen LogP contribution in [0.25, 0.3) is 0 Å². The molecule has 0 amide bonds. The van der Waals surface area contributed by atoms with Gasteiger partial charge in [-0.15, -0.1) is 0 Å². The maximum Gasteiger partial charge on any atom is 0.161 e. The summed E-state index contributed by atoms with van der Waals surface area (Å²) in [7, 11) is 0. The Balaban J connectivity index is 3.18. The predicted molar refractivity (Wildman–Crippen MR) is 58.8 cm³/mol. The van der Waals surface area contributed by atoms with Gasteiger partial charge in [0.2, 0.25) is 0 Å². The minimum absolute atomic E-state index is 0.169. The second-order valence-corrected chi connectivity index (χ2v) is 4.38. The van der Waals surface area contributed by atoms with Crippen LogP contribution in [0.1, 0.15) is 48.1 Å². The van der Waals surface area contributed by atoms with E-state index in [4.69, 9.17) is 0 Å². The molecule has 0 saturated heterocycles. The molecule has 0 aliphatic heterocycles. The standard InChI is InChI=1S/C12H19NO/c1-7(2)6-11-8(3)13-9(4)12(11)10(5)14/h7,13H,6H2,1-5H3. The molecule has 0 saturated carbocycles. The van der Waals surface area contributed by atoms with E-state index in [0.717, 1.165) is 23.4 Å². The van der Waals surface area contributed by atoms with Gasteiger partial charge in [0.25, 0.3) is 0 Å². The van der Waals surface area contributed by atoms with Crippen LogP contribution in [-0.4, -0.2) is 10.8 Å². The maximum atomic E-state index is 11.5. The molecule has 1 aromatic heterocycles. The van der Waals surface area contributed by atoms with Gasteiger partial charge in [-0.25, -0.2) is 0 Å². The van der Waals surface area contributed by atoms with Crippen LogP contribution in [-0.2, 0) is 6.42 Å². The molecule has 14 heavy (non-hydrogen) atoms. The highest BCUT2D eigenvalue weighted by Crippen LogP contribution is 2.21. The van der Waals surface area contributed by atoms with Crippen molar-refractivity contribution in [2.75, 3.05) is 0 Å². The molecule has 0 atom stereocenters. The second kappa shape index (κ2) is 3.99. The number of Topliss-reactive ketones (excluding diaryl/α,β-unsaturated/α-hetero) is 1. The molecule has 0 bridgehead atoms. The van der Waals surface area contributed by atoms with Crippen molar-refractivity contribution in [1.82, 2.24) is 4.98 Å². The number of hydrogen-bond acceptors (Lipinski definition) is 1. The van der Waals surface area contributed by atoms with Gasteiger partial charge in [-0.1, -0.05) is 13.8 Å². The Bertz CT molecular complexity index is 347. The summed E-state index contributed by atoms with van der Waals surface area (Å²) in [4.78, 5) is 14.7. The molecular formula is C12H19NO. The van der Waals surface area contributed by atoms with E-state index in [2.05, 4.69) is 18.8 Å². The molecular weight excluding hydrogens is 174 g/mol. The molecule has 1 heterocycles. The van der Waals surface area contributed by atoms with E-state index in [1.807, 2.05) is 13.8 Å². The van der Waals surface area contributed by atoms with Gasteiger partial charge in [0.15, 0.2) is 5.78 Å². The monoisotopic (exact) mass is 193 g/mol. The number of carbonyl (C=O) groups is 1. The molecule has 1 N–H and O–H groups in total. The number of nitrogens with one attached hydrogen (secondary N) is 1. The molecule has 1 rings (SSSR count). The lowest BCUT2D eigenvalue weighted by Gasteiger charge is -2.06. The van der Waals surface area contributed by atoms with Crippen LogP contribution in [0.2, 0.25) is 0 Å². The Labute approximate surface area is 85.7 Å². The predicted octanol–water partition coefficient (Wildman–Crippen LogP) is 3.03. The van der Waals surface area contributed by atoms with Gasteiger partial charge in [0.1, 0.15) is 0 Å². The number of rotatable bonds is 3. The van der Waals surface area contributed by atoms with Crippen LogP contribution in [0.3, 0.4) is 0 Å². The molecule has 2 nitrogen and oxygen atoms in total. The van der Waals surface area contributed by atoms with Crippen LogP contribution in [0.4, 0.5) is 0 Å². The Kier molecular flexibility index (Phi) is 3.14. The first kappa shape index (κ1) is 11.0. The molecule has 0 unspecified atom stereocenters. The number of hydrogen-bond donors (Lipinski definition) is 1. The van der Waals surface area contributed by atoms with Gasteiger partial charge < -0.3 is 4.98 Å². The average molecular weight is 193 g/mol. The van der Waals surface area contributed by atoms with Crippen molar-refractivity contribution < 1.29 is 4.79 Å². The summed E-state index contributed by atoms with van der Waals surface area (Å²) in [6.45, 7) is 9.99. The number of aromatic nitrogens is 1. The fourth-order valence-corrected chi connectivity index (χ4v) is 1.97. The smallest absolute Gasteiger partial charge is 0.161 e. The lowest BCUT2D eigenvalue weighted by Crippen LogP contribution is -2.02. The summed E-state index contributed by atoms with van der Waals surface area (Å²) in [6.07, 6.45) is 0.977. The topological polar surface area (TPSA) is 32.9 Å². The van der Waals surface area contributed by atoms with Crippen molar-refractivity contribution in [1.29, 1.82) is 0 Å². The quantitative estimate of drug-likeness (QED) is 0.735. The lowest BCUT2D eigenvalue weighted by molar-refractivity contribution is 0.101. The Morgan fingerprint density at radius 3 is 2.29 bits per heavy atom. The van der Waals surface area contributed by atoms with Gasteiger partial charge in [0.05, 0.1) is 0 Å². The minimum Gasteiger partial charge on any atom is -0.362 e. The van der Waals surface area contributed by atoms with Gasteiger partial charge in [-0.2, -0.15) is 0 Å². The summed E-state index contributed by atoms with van der Waals surface area (Å²) < 4.78 is 0.